The molecule has 3 fully saturated rings. The number of urea groups is 1. The first-order valence-corrected chi connectivity index (χ1v) is 13.6. The lowest BCUT2D eigenvalue weighted by Crippen LogP contribution is -2.61. The zero-order chi connectivity index (χ0) is 29.3. The van der Waals surface area contributed by atoms with E-state index >= 15 is 0 Å². The topological polar surface area (TPSA) is 183 Å². The van der Waals surface area contributed by atoms with Crippen LogP contribution in [0.2, 0.25) is 0 Å². The van der Waals surface area contributed by atoms with Crippen LogP contribution in [0.5, 0.6) is 0 Å². The van der Waals surface area contributed by atoms with Gasteiger partial charge in [0.2, 0.25) is 23.6 Å². The molecule has 0 radical (unpaired) electrons. The van der Waals surface area contributed by atoms with Crippen LogP contribution in [0.15, 0.2) is 12.7 Å². The third kappa shape index (κ3) is 7.09. The maximum absolute atomic E-state index is 13.8. The lowest BCUT2D eigenvalue weighted by atomic mass is 9.79. The molecule has 0 aromatic rings. The Bertz CT molecular complexity index is 1000. The molecular formula is C27H44N6O6. The largest absolute Gasteiger partial charge is 0.381 e. The molecule has 218 valence electrons. The van der Waals surface area contributed by atoms with Crippen LogP contribution < -0.4 is 27.0 Å². The highest BCUT2D eigenvalue weighted by atomic mass is 16.3. The quantitative estimate of drug-likeness (QED) is 0.194. The summed E-state index contributed by atoms with van der Waals surface area (Å²) in [6.07, 6.45) is 2.88. The second kappa shape index (κ2) is 11.5. The number of likely N-dealkylation sites (tertiary alicyclic amines) is 1. The van der Waals surface area contributed by atoms with Gasteiger partial charge in [-0.15, -0.1) is 0 Å². The second-order valence-electron chi connectivity index (χ2n) is 12.7. The predicted molar refractivity (Wildman–Crippen MR) is 144 cm³/mol. The van der Waals surface area contributed by atoms with Crippen LogP contribution in [0.1, 0.15) is 60.3 Å². The van der Waals surface area contributed by atoms with E-state index in [0.29, 0.717) is 13.0 Å². The van der Waals surface area contributed by atoms with Gasteiger partial charge in [-0.3, -0.25) is 19.2 Å². The number of amides is 6. The molecule has 7 N–H and O–H groups in total. The Morgan fingerprint density at radius 1 is 1.15 bits per heavy atom. The van der Waals surface area contributed by atoms with Crippen molar-refractivity contribution in [3.63, 3.8) is 0 Å². The summed E-state index contributed by atoms with van der Waals surface area (Å²) in [5.41, 5.74) is 4.61. The summed E-state index contributed by atoms with van der Waals surface area (Å²) < 4.78 is 0. The molecule has 4 unspecified atom stereocenters. The number of hydrogen-bond donors (Lipinski definition) is 6. The van der Waals surface area contributed by atoms with E-state index < -0.39 is 59.4 Å². The molecule has 12 heteroatoms. The first kappa shape index (κ1) is 30.4. The van der Waals surface area contributed by atoms with Crippen molar-refractivity contribution in [3.8, 4) is 0 Å². The molecule has 1 aliphatic heterocycles. The first-order valence-electron chi connectivity index (χ1n) is 13.6. The van der Waals surface area contributed by atoms with E-state index in [1.54, 1.807) is 20.8 Å². The van der Waals surface area contributed by atoms with E-state index in [1.165, 1.54) is 4.90 Å². The van der Waals surface area contributed by atoms with Crippen molar-refractivity contribution in [2.75, 3.05) is 13.1 Å². The van der Waals surface area contributed by atoms with Crippen LogP contribution in [0.25, 0.3) is 0 Å². The van der Waals surface area contributed by atoms with E-state index in [0.717, 1.165) is 25.3 Å². The minimum Gasteiger partial charge on any atom is -0.381 e. The fourth-order valence-electron chi connectivity index (χ4n) is 5.84. The fourth-order valence-corrected chi connectivity index (χ4v) is 5.84. The highest BCUT2D eigenvalue weighted by Crippen LogP contribution is 2.64. The van der Waals surface area contributed by atoms with Crippen molar-refractivity contribution in [1.29, 1.82) is 0 Å². The maximum atomic E-state index is 13.8. The van der Waals surface area contributed by atoms with Crippen LogP contribution in [-0.2, 0) is 19.2 Å². The van der Waals surface area contributed by atoms with Crippen LogP contribution in [0.3, 0.4) is 0 Å². The highest BCUT2D eigenvalue weighted by Gasteiger charge is 2.69. The van der Waals surface area contributed by atoms with Gasteiger partial charge in [0.25, 0.3) is 0 Å². The summed E-state index contributed by atoms with van der Waals surface area (Å²) in [5, 5.41) is 21.2. The average Bonchev–Trinajstić information content (AvgIpc) is 3.14. The van der Waals surface area contributed by atoms with Crippen molar-refractivity contribution in [2.45, 2.75) is 90.1 Å². The number of aliphatic hydroxyl groups excluding tert-OH is 1. The zero-order valence-electron chi connectivity index (χ0n) is 23.6. The number of fused-ring (bicyclic) bond motifs is 1. The molecule has 6 atom stereocenters. The van der Waals surface area contributed by atoms with Gasteiger partial charge in [0.15, 0.2) is 6.10 Å². The second-order valence-corrected chi connectivity index (χ2v) is 12.7. The number of hydrogen-bond acceptors (Lipinski definition) is 6. The molecule has 1 saturated heterocycles. The number of rotatable bonds is 11. The number of carbonyl (C=O) groups excluding carboxylic acids is 5. The number of primary amides is 1. The number of carbonyl (C=O) groups is 5. The molecule has 0 bridgehead atoms. The summed E-state index contributed by atoms with van der Waals surface area (Å²) >= 11 is 0. The van der Waals surface area contributed by atoms with Gasteiger partial charge in [-0.25, -0.2) is 4.79 Å². The van der Waals surface area contributed by atoms with Gasteiger partial charge < -0.3 is 37.0 Å². The van der Waals surface area contributed by atoms with Gasteiger partial charge in [0.05, 0.1) is 6.04 Å². The van der Waals surface area contributed by atoms with E-state index in [9.17, 15) is 29.1 Å². The summed E-state index contributed by atoms with van der Waals surface area (Å²) in [5.74, 6) is -2.21. The molecule has 2 aliphatic carbocycles. The van der Waals surface area contributed by atoms with Crippen LogP contribution in [0.4, 0.5) is 4.79 Å². The van der Waals surface area contributed by atoms with Gasteiger partial charge >= 0.3 is 6.03 Å². The lowest BCUT2D eigenvalue weighted by molar-refractivity contribution is -0.143. The summed E-state index contributed by atoms with van der Waals surface area (Å²) in [6.45, 7) is 13.0. The number of nitrogens with one attached hydrogen (secondary N) is 4. The van der Waals surface area contributed by atoms with Crippen LogP contribution in [-0.4, -0.2) is 82.5 Å². The molecule has 0 aromatic heterocycles. The molecule has 3 aliphatic rings. The van der Waals surface area contributed by atoms with Crippen LogP contribution >= 0.6 is 0 Å². The Morgan fingerprint density at radius 3 is 2.31 bits per heavy atom. The smallest absolute Gasteiger partial charge is 0.315 e. The van der Waals surface area contributed by atoms with Crippen molar-refractivity contribution >= 4 is 29.7 Å². The molecule has 12 nitrogen and oxygen atoms in total. The summed E-state index contributed by atoms with van der Waals surface area (Å²) in [7, 11) is 0. The molecule has 3 rings (SSSR count). The van der Waals surface area contributed by atoms with Gasteiger partial charge in [0, 0.05) is 18.6 Å². The van der Waals surface area contributed by atoms with E-state index in [4.69, 9.17) is 5.73 Å². The Kier molecular flexibility index (Phi) is 8.99. The molecule has 1 heterocycles. The maximum Gasteiger partial charge on any atom is 0.315 e. The van der Waals surface area contributed by atoms with Crippen molar-refractivity contribution in [1.82, 2.24) is 26.2 Å². The minimum absolute atomic E-state index is 0.0650. The average molecular weight is 549 g/mol. The normalized spacial score (nSPS) is 25.7. The Hall–Kier alpha value is -3.15. The first-order chi connectivity index (χ1) is 18.1. The number of nitrogens with two attached hydrogens (primary N) is 1. The standard InChI is InChI=1S/C27H44N6O6/c1-7-18(34)29-12-17(31-25(39)32-26(2,3)4)24(38)33-13-15-19(27(15,5)6)20(33)23(37)30-16(21(35)22(28)36)11-14-9-8-10-14/h7,14-17,19-21,35H,1,8-13H2,2-6H3,(H2,28,36)(H,29,34)(H,30,37)(H2,31,32,39)/t15?,16?,17-,19?,20-,21?/m0/s1. The highest BCUT2D eigenvalue weighted by molar-refractivity contribution is 5.94. The molecular weight excluding hydrogens is 504 g/mol. The third-order valence-electron chi connectivity index (χ3n) is 8.33. The van der Waals surface area contributed by atoms with Crippen molar-refractivity contribution in [3.05, 3.63) is 12.7 Å². The lowest BCUT2D eigenvalue weighted by Gasteiger charge is -2.36. The Balaban J connectivity index is 1.82. The Morgan fingerprint density at radius 2 is 1.79 bits per heavy atom. The van der Waals surface area contributed by atoms with Gasteiger partial charge in [-0.2, -0.15) is 0 Å². The van der Waals surface area contributed by atoms with E-state index in [-0.39, 0.29) is 29.7 Å². The summed E-state index contributed by atoms with van der Waals surface area (Å²) in [6, 6.07) is -3.47. The van der Waals surface area contributed by atoms with Crippen molar-refractivity contribution in [2.24, 2.45) is 28.9 Å². The van der Waals surface area contributed by atoms with E-state index in [2.05, 4.69) is 27.8 Å². The molecule has 2 saturated carbocycles. The SMILES string of the molecule is C=CC(=O)NC[C@H](NC(=O)NC(C)(C)C)C(=O)N1CC2C([C@H]1C(=O)NC(CC1CCC1)C(O)C(N)=O)C2(C)C. The Labute approximate surface area is 229 Å². The zero-order valence-corrected chi connectivity index (χ0v) is 23.6. The molecule has 0 spiro atoms. The van der Waals surface area contributed by atoms with Gasteiger partial charge in [-0.1, -0.05) is 39.7 Å². The summed E-state index contributed by atoms with van der Waals surface area (Å²) in [4.78, 5) is 65.2. The monoisotopic (exact) mass is 548 g/mol. The van der Waals surface area contributed by atoms with Gasteiger partial charge in [-0.05, 0) is 56.4 Å². The molecule has 6 amide bonds. The minimum atomic E-state index is -1.55. The molecule has 0 aromatic carbocycles. The number of piperidine rings is 1. The predicted octanol–water partition coefficient (Wildman–Crippen LogP) is -0.241. The third-order valence-corrected chi connectivity index (χ3v) is 8.33. The van der Waals surface area contributed by atoms with Gasteiger partial charge in [0.1, 0.15) is 12.1 Å². The number of nitrogens with zero attached hydrogens (tertiary/aromatic N) is 1. The van der Waals surface area contributed by atoms with E-state index in [1.807, 2.05) is 13.8 Å². The molecule has 39 heavy (non-hydrogen) atoms. The van der Waals surface area contributed by atoms with Crippen LogP contribution in [0, 0.1) is 23.2 Å². The van der Waals surface area contributed by atoms with Crippen molar-refractivity contribution < 1.29 is 29.1 Å². The number of aliphatic hydroxyl groups is 1. The fraction of sp³-hybridized carbons (Fsp3) is 0.741.